The van der Waals surface area contributed by atoms with Crippen LogP contribution >= 0.6 is 23.2 Å². The molecule has 0 aliphatic heterocycles. The van der Waals surface area contributed by atoms with Crippen molar-refractivity contribution in [3.05, 3.63) is 129 Å². The highest BCUT2D eigenvalue weighted by atomic mass is 35.5. The number of fused-ring (bicyclic) bond motifs is 2. The Morgan fingerprint density at radius 1 is 0.649 bits per heavy atom. The lowest BCUT2D eigenvalue weighted by Gasteiger charge is -2.30. The van der Waals surface area contributed by atoms with Gasteiger partial charge in [0.1, 0.15) is 6.10 Å². The van der Waals surface area contributed by atoms with Crippen LogP contribution in [0, 0.1) is 13.8 Å². The predicted molar refractivity (Wildman–Crippen MR) is 234 cm³/mol. The summed E-state index contributed by atoms with van der Waals surface area (Å²) in [4.78, 5) is 21.8. The number of aromatic nitrogens is 2. The zero-order valence-electron chi connectivity index (χ0n) is 34.6. The summed E-state index contributed by atoms with van der Waals surface area (Å²) in [6.45, 7) is 19.6. The second kappa shape index (κ2) is 18.0. The van der Waals surface area contributed by atoms with Crippen LogP contribution in [0.1, 0.15) is 101 Å². The Bertz CT molecular complexity index is 2360. The van der Waals surface area contributed by atoms with Crippen LogP contribution in [0.15, 0.2) is 84.9 Å². The molecule has 0 spiro atoms. The third kappa shape index (κ3) is 10.6. The number of rotatable bonds is 10. The molecule has 300 valence electrons. The van der Waals surface area contributed by atoms with Gasteiger partial charge in [0, 0.05) is 37.8 Å². The molecule has 0 radical (unpaired) electrons. The molecule has 6 rings (SSSR count). The van der Waals surface area contributed by atoms with Gasteiger partial charge in [0.05, 0.1) is 28.8 Å². The van der Waals surface area contributed by atoms with Crippen LogP contribution < -0.4 is 0 Å². The molecule has 0 unspecified atom stereocenters. The Hall–Kier alpha value is -4.37. The van der Waals surface area contributed by atoms with Crippen molar-refractivity contribution < 1.29 is 24.5 Å². The molecule has 0 aliphatic carbocycles. The number of aliphatic hydroxyl groups excluding tert-OH is 1. The molecular formula is C48H54Cl2N2O5. The van der Waals surface area contributed by atoms with E-state index in [1.165, 1.54) is 0 Å². The molecule has 4 aromatic carbocycles. The van der Waals surface area contributed by atoms with E-state index in [1.54, 1.807) is 0 Å². The topological polar surface area (TPSA) is 102 Å². The van der Waals surface area contributed by atoms with Gasteiger partial charge in [-0.25, -0.2) is 4.79 Å². The van der Waals surface area contributed by atoms with Crippen molar-refractivity contribution in [3.8, 4) is 22.3 Å². The molecule has 57 heavy (non-hydrogen) atoms. The highest BCUT2D eigenvalue weighted by molar-refractivity contribution is 6.31. The number of benzene rings is 4. The Labute approximate surface area is 347 Å². The van der Waals surface area contributed by atoms with Crippen LogP contribution in [0.4, 0.5) is 0 Å². The van der Waals surface area contributed by atoms with Gasteiger partial charge in [0.15, 0.2) is 6.10 Å². The molecule has 2 N–H and O–H groups in total. The fraction of sp³-hybridized carbons (Fsp3) is 0.354. The van der Waals surface area contributed by atoms with E-state index in [2.05, 4.69) is 39.0 Å². The summed E-state index contributed by atoms with van der Waals surface area (Å²) < 4.78 is 12.2. The molecule has 0 bridgehead atoms. The average molecular weight is 810 g/mol. The van der Waals surface area contributed by atoms with E-state index in [4.69, 9.17) is 42.6 Å². The Kier molecular flexibility index (Phi) is 13.9. The van der Waals surface area contributed by atoms with Gasteiger partial charge in [-0.1, -0.05) is 73.4 Å². The first kappa shape index (κ1) is 43.7. The lowest BCUT2D eigenvalue weighted by Crippen LogP contribution is -2.28. The van der Waals surface area contributed by atoms with Crippen molar-refractivity contribution >= 4 is 51.0 Å². The molecule has 7 nitrogen and oxygen atoms in total. The maximum absolute atomic E-state index is 12.2. The summed E-state index contributed by atoms with van der Waals surface area (Å²) in [6, 6.07) is 27.5. The lowest BCUT2D eigenvalue weighted by atomic mass is 9.88. The van der Waals surface area contributed by atoms with Crippen LogP contribution in [-0.2, 0) is 27.1 Å². The van der Waals surface area contributed by atoms with E-state index in [0.29, 0.717) is 15.6 Å². The molecule has 0 fully saturated rings. The number of carbonyl (C=O) groups is 1. The molecule has 0 aliphatic rings. The molecule has 2 heterocycles. The molecule has 0 amide bonds. The van der Waals surface area contributed by atoms with Crippen molar-refractivity contribution in [2.75, 3.05) is 6.61 Å². The van der Waals surface area contributed by atoms with Crippen LogP contribution in [-0.4, -0.2) is 44.0 Å². The summed E-state index contributed by atoms with van der Waals surface area (Å²) >= 11 is 12.2. The van der Waals surface area contributed by atoms with E-state index < -0.39 is 23.8 Å². The molecule has 6 aromatic rings. The highest BCUT2D eigenvalue weighted by Gasteiger charge is 2.32. The zero-order valence-corrected chi connectivity index (χ0v) is 36.1. The predicted octanol–water partition coefficient (Wildman–Crippen LogP) is 12.6. The fourth-order valence-corrected chi connectivity index (χ4v) is 7.38. The Balaban J connectivity index is 0.000000218. The number of pyridine rings is 2. The van der Waals surface area contributed by atoms with Gasteiger partial charge in [-0.15, -0.1) is 0 Å². The van der Waals surface area contributed by atoms with Crippen molar-refractivity contribution in [1.82, 2.24) is 9.97 Å². The summed E-state index contributed by atoms with van der Waals surface area (Å²) in [5, 5.41) is 23.5. The number of hydrogen-bond donors (Lipinski definition) is 2. The molecule has 9 heteroatoms. The van der Waals surface area contributed by atoms with E-state index in [9.17, 15) is 15.0 Å². The van der Waals surface area contributed by atoms with Gasteiger partial charge in [-0.3, -0.25) is 9.97 Å². The first-order chi connectivity index (χ1) is 26.8. The smallest absolute Gasteiger partial charge is 0.337 e. The maximum atomic E-state index is 12.2. The van der Waals surface area contributed by atoms with Crippen LogP contribution in [0.5, 0.6) is 0 Å². The minimum atomic E-state index is -1.10. The molecule has 2 aromatic heterocycles. The molecular weight excluding hydrogens is 755 g/mol. The number of aliphatic hydroxyl groups is 1. The monoisotopic (exact) mass is 808 g/mol. The zero-order chi connectivity index (χ0) is 41.8. The second-order valence-electron chi connectivity index (χ2n) is 16.3. The number of aliphatic carboxylic acids is 1. The van der Waals surface area contributed by atoms with Gasteiger partial charge < -0.3 is 19.7 Å². The van der Waals surface area contributed by atoms with E-state index in [1.807, 2.05) is 115 Å². The standard InChI is InChI=1S/C24H26ClNO3.C24H28ClNO2/c1-6-17-11-12-18-19(26-17)13-14(2)20(22(23(27)28)29-24(3,4)5)21(18)15-7-9-16(25)10-8-15;1-6-18-11-12-19-20(26-18)13-15(2)22(21(14-27)28-24(3,4)5)23(19)16-7-9-17(25)10-8-16/h7-13,22H,6H2,1-5H3,(H,27,28);7-13,21,27H,6,14H2,1-5H3/t22-;21-/m01/s1. The van der Waals surface area contributed by atoms with Gasteiger partial charge in [-0.05, 0) is 156 Å². The van der Waals surface area contributed by atoms with E-state index in [-0.39, 0.29) is 12.2 Å². The highest BCUT2D eigenvalue weighted by Crippen LogP contribution is 2.42. The van der Waals surface area contributed by atoms with Crippen LogP contribution in [0.25, 0.3) is 44.1 Å². The number of ether oxygens (including phenoxy) is 2. The van der Waals surface area contributed by atoms with Crippen molar-refractivity contribution in [1.29, 1.82) is 0 Å². The number of hydrogen-bond acceptors (Lipinski definition) is 6. The number of carboxylic acids is 1. The van der Waals surface area contributed by atoms with Gasteiger partial charge in [0.25, 0.3) is 0 Å². The average Bonchev–Trinajstić information content (AvgIpc) is 3.15. The maximum Gasteiger partial charge on any atom is 0.337 e. The summed E-state index contributed by atoms with van der Waals surface area (Å²) in [5.41, 5.74) is 10.2. The fourth-order valence-electron chi connectivity index (χ4n) is 7.13. The van der Waals surface area contributed by atoms with Gasteiger partial charge in [-0.2, -0.15) is 0 Å². The lowest BCUT2D eigenvalue weighted by molar-refractivity contribution is -0.160. The van der Waals surface area contributed by atoms with Gasteiger partial charge >= 0.3 is 5.97 Å². The summed E-state index contributed by atoms with van der Waals surface area (Å²) in [7, 11) is 0. The normalized spacial score (nSPS) is 13.0. The number of nitrogens with zero attached hydrogens (tertiary/aromatic N) is 2. The first-order valence-electron chi connectivity index (χ1n) is 19.4. The number of aryl methyl sites for hydroxylation is 4. The van der Waals surface area contributed by atoms with Crippen molar-refractivity contribution in [3.63, 3.8) is 0 Å². The third-order valence-electron chi connectivity index (χ3n) is 9.53. The summed E-state index contributed by atoms with van der Waals surface area (Å²) in [5.74, 6) is -1.02. The quantitative estimate of drug-likeness (QED) is 0.142. The molecule has 2 atom stereocenters. The SMILES string of the molecule is CCc1ccc2c(-c3ccc(Cl)cc3)c([C@@H](CO)OC(C)(C)C)c(C)cc2n1.CCc1ccc2c(-c3ccc(Cl)cc3)c([C@H](OC(C)(C)C)C(=O)O)c(C)cc2n1. The Morgan fingerprint density at radius 2 is 1.05 bits per heavy atom. The number of halogens is 2. The van der Waals surface area contributed by atoms with Gasteiger partial charge in [0.2, 0.25) is 0 Å². The summed E-state index contributed by atoms with van der Waals surface area (Å²) in [6.07, 6.45) is 0.189. The molecule has 0 saturated heterocycles. The van der Waals surface area contributed by atoms with E-state index in [0.717, 1.165) is 85.0 Å². The van der Waals surface area contributed by atoms with Crippen LogP contribution in [0.2, 0.25) is 10.0 Å². The van der Waals surface area contributed by atoms with Crippen molar-refractivity contribution in [2.24, 2.45) is 0 Å². The second-order valence-corrected chi connectivity index (χ2v) is 17.1. The number of carboxylic acid groups (broad SMARTS) is 1. The molecule has 0 saturated carbocycles. The van der Waals surface area contributed by atoms with Crippen LogP contribution in [0.3, 0.4) is 0 Å². The minimum absolute atomic E-state index is 0.0926. The van der Waals surface area contributed by atoms with E-state index >= 15 is 0 Å². The third-order valence-corrected chi connectivity index (χ3v) is 10.0. The minimum Gasteiger partial charge on any atom is -0.479 e. The Morgan fingerprint density at radius 3 is 1.42 bits per heavy atom. The largest absolute Gasteiger partial charge is 0.479 e. The first-order valence-corrected chi connectivity index (χ1v) is 20.2. The van der Waals surface area contributed by atoms with Crippen molar-refractivity contribution in [2.45, 2.75) is 105 Å².